The van der Waals surface area contributed by atoms with Crippen LogP contribution in [0.1, 0.15) is 56.9 Å². The zero-order valence-corrected chi connectivity index (χ0v) is 16.9. The van der Waals surface area contributed by atoms with Gasteiger partial charge in [-0.3, -0.25) is 0 Å². The van der Waals surface area contributed by atoms with E-state index in [4.69, 9.17) is 9.31 Å². The lowest BCUT2D eigenvalue weighted by Gasteiger charge is -2.32. The van der Waals surface area contributed by atoms with Crippen LogP contribution in [0.25, 0.3) is 0 Å². The molecule has 1 saturated heterocycles. The van der Waals surface area contributed by atoms with Gasteiger partial charge in [-0.2, -0.15) is 0 Å². The molecule has 138 valence electrons. The Balaban J connectivity index is 1.94. The molecule has 3 nitrogen and oxygen atoms in total. The van der Waals surface area contributed by atoms with Gasteiger partial charge in [0.25, 0.3) is 0 Å². The molecule has 0 aromatic heterocycles. The number of hydrogen-bond donors (Lipinski definition) is 1. The number of rotatable bonds is 3. The molecule has 0 saturated carbocycles. The summed E-state index contributed by atoms with van der Waals surface area (Å²) in [5.41, 5.74) is 3.13. The van der Waals surface area contributed by atoms with Crippen molar-refractivity contribution in [3.05, 3.63) is 64.7 Å². The van der Waals surface area contributed by atoms with Crippen LogP contribution in [0.2, 0.25) is 0 Å². The van der Waals surface area contributed by atoms with Crippen LogP contribution >= 0.6 is 0 Å². The number of benzene rings is 2. The first-order chi connectivity index (χ1) is 11.9. The fraction of sp³-hybridized carbons (Fsp3) is 0.455. The van der Waals surface area contributed by atoms with E-state index in [2.05, 4.69) is 33.8 Å². The van der Waals surface area contributed by atoms with Crippen molar-refractivity contribution >= 4 is 12.6 Å². The van der Waals surface area contributed by atoms with Gasteiger partial charge >= 0.3 is 7.12 Å². The molecule has 1 heterocycles. The van der Waals surface area contributed by atoms with E-state index in [0.29, 0.717) is 0 Å². The molecule has 26 heavy (non-hydrogen) atoms. The van der Waals surface area contributed by atoms with Crippen molar-refractivity contribution in [3.63, 3.8) is 0 Å². The van der Waals surface area contributed by atoms with Gasteiger partial charge in [-0.1, -0.05) is 48.0 Å². The minimum absolute atomic E-state index is 0.364. The van der Waals surface area contributed by atoms with Crippen LogP contribution in [0.3, 0.4) is 0 Å². The molecule has 1 atom stereocenters. The summed E-state index contributed by atoms with van der Waals surface area (Å²) < 4.78 is 12.3. The lowest BCUT2D eigenvalue weighted by molar-refractivity contribution is 0.00578. The van der Waals surface area contributed by atoms with E-state index >= 15 is 0 Å². The van der Waals surface area contributed by atoms with Crippen LogP contribution in [-0.4, -0.2) is 23.4 Å². The molecule has 0 aliphatic carbocycles. The van der Waals surface area contributed by atoms with Crippen LogP contribution < -0.4 is 5.46 Å². The van der Waals surface area contributed by atoms with E-state index in [0.717, 1.165) is 27.7 Å². The van der Waals surface area contributed by atoms with Crippen molar-refractivity contribution in [2.75, 3.05) is 0 Å². The summed E-state index contributed by atoms with van der Waals surface area (Å²) in [5, 5.41) is 11.2. The smallest absolute Gasteiger partial charge is 0.399 e. The quantitative estimate of drug-likeness (QED) is 0.853. The van der Waals surface area contributed by atoms with E-state index in [1.54, 1.807) is 0 Å². The van der Waals surface area contributed by atoms with Gasteiger partial charge in [0, 0.05) is 0 Å². The van der Waals surface area contributed by atoms with Crippen molar-refractivity contribution in [3.8, 4) is 0 Å². The van der Waals surface area contributed by atoms with E-state index in [1.807, 2.05) is 57.2 Å². The highest BCUT2D eigenvalue weighted by molar-refractivity contribution is 6.62. The van der Waals surface area contributed by atoms with Gasteiger partial charge in [-0.15, -0.1) is 0 Å². The van der Waals surface area contributed by atoms with Gasteiger partial charge in [-0.25, -0.2) is 0 Å². The summed E-state index contributed by atoms with van der Waals surface area (Å²) in [4.78, 5) is 0. The highest BCUT2D eigenvalue weighted by Crippen LogP contribution is 2.37. The Labute approximate surface area is 157 Å². The van der Waals surface area contributed by atoms with Crippen LogP contribution in [0, 0.1) is 13.8 Å². The first-order valence-corrected chi connectivity index (χ1v) is 9.20. The van der Waals surface area contributed by atoms with Crippen LogP contribution in [-0.2, 0) is 14.9 Å². The molecule has 2 aromatic rings. The van der Waals surface area contributed by atoms with Crippen molar-refractivity contribution in [2.24, 2.45) is 0 Å². The van der Waals surface area contributed by atoms with E-state index in [1.165, 1.54) is 0 Å². The van der Waals surface area contributed by atoms with Gasteiger partial charge in [0.15, 0.2) is 0 Å². The molecule has 1 aliphatic heterocycles. The fourth-order valence-electron chi connectivity index (χ4n) is 3.46. The molecule has 0 amide bonds. The Morgan fingerprint density at radius 2 is 1.54 bits per heavy atom. The lowest BCUT2D eigenvalue weighted by Crippen LogP contribution is -2.41. The fourth-order valence-corrected chi connectivity index (χ4v) is 3.46. The molecule has 0 radical (unpaired) electrons. The van der Waals surface area contributed by atoms with E-state index < -0.39 is 12.7 Å². The maximum atomic E-state index is 11.2. The molecule has 2 aromatic carbocycles. The molecule has 0 bridgehead atoms. The van der Waals surface area contributed by atoms with Gasteiger partial charge in [-0.05, 0) is 70.6 Å². The normalized spacial score (nSPS) is 20.8. The monoisotopic (exact) mass is 352 g/mol. The Bertz CT molecular complexity index is 808. The van der Waals surface area contributed by atoms with Crippen molar-refractivity contribution in [2.45, 2.75) is 65.3 Å². The molecule has 3 rings (SSSR count). The maximum absolute atomic E-state index is 11.2. The standard InChI is InChI=1S/C22H29BO3/c1-15-9-8-10-17(13-15)22(7,24)19-12-11-18(14-16(19)2)23-25-20(3,4)21(5,6)26-23/h8-14,24H,1-7H3. The Morgan fingerprint density at radius 3 is 2.08 bits per heavy atom. The zero-order chi connectivity index (χ0) is 19.3. The number of aliphatic hydroxyl groups is 1. The van der Waals surface area contributed by atoms with Gasteiger partial charge in [0.1, 0.15) is 5.60 Å². The second-order valence-electron chi connectivity index (χ2n) is 8.60. The van der Waals surface area contributed by atoms with Gasteiger partial charge < -0.3 is 14.4 Å². The summed E-state index contributed by atoms with van der Waals surface area (Å²) in [6.45, 7) is 14.1. The van der Waals surface area contributed by atoms with Crippen molar-refractivity contribution in [1.82, 2.24) is 0 Å². The van der Waals surface area contributed by atoms with E-state index in [-0.39, 0.29) is 11.2 Å². The summed E-state index contributed by atoms with van der Waals surface area (Å²) in [7, 11) is -0.392. The predicted octanol–water partition coefficient (Wildman–Crippen LogP) is 3.86. The first-order valence-electron chi connectivity index (χ1n) is 9.20. The lowest BCUT2D eigenvalue weighted by atomic mass is 9.75. The highest BCUT2D eigenvalue weighted by Gasteiger charge is 2.51. The number of hydrogen-bond acceptors (Lipinski definition) is 3. The minimum Gasteiger partial charge on any atom is -0.399 e. The Morgan fingerprint density at radius 1 is 0.923 bits per heavy atom. The molecule has 1 N–H and O–H groups in total. The second-order valence-corrected chi connectivity index (χ2v) is 8.60. The summed E-state index contributed by atoms with van der Waals surface area (Å²) >= 11 is 0. The average molecular weight is 352 g/mol. The molecule has 1 aliphatic rings. The van der Waals surface area contributed by atoms with Crippen molar-refractivity contribution in [1.29, 1.82) is 0 Å². The molecular weight excluding hydrogens is 323 g/mol. The SMILES string of the molecule is Cc1cccc(C(C)(O)c2ccc(B3OC(C)(C)C(C)(C)O3)cc2C)c1. The molecule has 0 spiro atoms. The average Bonchev–Trinajstić information content (AvgIpc) is 2.75. The molecule has 1 unspecified atom stereocenters. The largest absolute Gasteiger partial charge is 0.494 e. The summed E-state index contributed by atoms with van der Waals surface area (Å²) in [6.07, 6.45) is 0. The van der Waals surface area contributed by atoms with Crippen LogP contribution in [0.5, 0.6) is 0 Å². The Hall–Kier alpha value is -1.62. The molecular formula is C22H29BO3. The summed E-state index contributed by atoms with van der Waals surface area (Å²) in [6, 6.07) is 14.0. The zero-order valence-electron chi connectivity index (χ0n) is 16.9. The van der Waals surface area contributed by atoms with Crippen molar-refractivity contribution < 1.29 is 14.4 Å². The Kier molecular flexibility index (Phi) is 4.59. The van der Waals surface area contributed by atoms with Gasteiger partial charge in [0.05, 0.1) is 11.2 Å². The van der Waals surface area contributed by atoms with Crippen LogP contribution in [0.4, 0.5) is 0 Å². The predicted molar refractivity (Wildman–Crippen MR) is 107 cm³/mol. The third-order valence-electron chi connectivity index (χ3n) is 5.88. The minimum atomic E-state index is -1.05. The summed E-state index contributed by atoms with van der Waals surface area (Å²) in [5.74, 6) is 0. The third-order valence-corrected chi connectivity index (χ3v) is 5.88. The third kappa shape index (κ3) is 3.22. The maximum Gasteiger partial charge on any atom is 0.494 e. The molecule has 4 heteroatoms. The van der Waals surface area contributed by atoms with E-state index in [9.17, 15) is 5.11 Å². The van der Waals surface area contributed by atoms with Crippen LogP contribution in [0.15, 0.2) is 42.5 Å². The topological polar surface area (TPSA) is 38.7 Å². The molecule has 1 fully saturated rings. The number of aryl methyl sites for hydroxylation is 2. The van der Waals surface area contributed by atoms with Gasteiger partial charge in [0.2, 0.25) is 0 Å². The second kappa shape index (κ2) is 6.23. The first kappa shape index (κ1) is 19.2. The highest BCUT2D eigenvalue weighted by atomic mass is 16.7.